The van der Waals surface area contributed by atoms with Gasteiger partial charge in [0.05, 0.1) is 12.3 Å². The van der Waals surface area contributed by atoms with Crippen LogP contribution in [-0.4, -0.2) is 49.3 Å². The highest BCUT2D eigenvalue weighted by atomic mass is 127. The van der Waals surface area contributed by atoms with Crippen molar-refractivity contribution in [2.75, 3.05) is 50.0 Å². The van der Waals surface area contributed by atoms with E-state index in [2.05, 4.69) is 38.5 Å². The number of nitrogens with zero attached hydrogens (tertiary/aromatic N) is 2. The minimum absolute atomic E-state index is 0.249. The number of hydrogen-bond acceptors (Lipinski definition) is 4. The van der Waals surface area contributed by atoms with Gasteiger partial charge < -0.3 is 15.7 Å². The van der Waals surface area contributed by atoms with Gasteiger partial charge in [-0.05, 0) is 53.8 Å². The molecule has 5 heteroatoms. The van der Waals surface area contributed by atoms with Crippen LogP contribution >= 0.6 is 22.6 Å². The summed E-state index contributed by atoms with van der Waals surface area (Å²) in [5, 5.41) is 9.00. The number of hydrogen-bond donors (Lipinski definition) is 2. The van der Waals surface area contributed by atoms with E-state index in [-0.39, 0.29) is 6.61 Å². The Kier molecular flexibility index (Phi) is 5.08. The number of aliphatic hydroxyl groups excluding tert-OH is 1. The molecule has 18 heavy (non-hydrogen) atoms. The summed E-state index contributed by atoms with van der Waals surface area (Å²) in [5.74, 6) is 0. The molecule has 0 amide bonds. The lowest BCUT2D eigenvalue weighted by Gasteiger charge is -2.24. The average Bonchev–Trinajstić information content (AvgIpc) is 2.55. The predicted octanol–water partition coefficient (Wildman–Crippen LogP) is 1.38. The van der Waals surface area contributed by atoms with Crippen LogP contribution in [0, 0.1) is 3.57 Å². The van der Waals surface area contributed by atoms with Crippen molar-refractivity contribution in [1.82, 2.24) is 4.90 Å². The maximum Gasteiger partial charge on any atom is 0.0558 e. The van der Waals surface area contributed by atoms with E-state index in [1.165, 1.54) is 9.26 Å². The van der Waals surface area contributed by atoms with Crippen molar-refractivity contribution in [3.05, 3.63) is 21.8 Å². The Labute approximate surface area is 122 Å². The summed E-state index contributed by atoms with van der Waals surface area (Å²) in [5.41, 5.74) is 7.88. The van der Waals surface area contributed by atoms with Gasteiger partial charge in [-0.2, -0.15) is 0 Å². The molecule has 0 aromatic heterocycles. The first kappa shape index (κ1) is 13.9. The largest absolute Gasteiger partial charge is 0.399 e. The number of nitrogen functional groups attached to an aromatic ring is 1. The maximum absolute atomic E-state index is 9.00. The van der Waals surface area contributed by atoms with Crippen LogP contribution in [0.5, 0.6) is 0 Å². The van der Waals surface area contributed by atoms with Gasteiger partial charge in [0, 0.05) is 35.4 Å². The molecule has 0 atom stereocenters. The van der Waals surface area contributed by atoms with Gasteiger partial charge in [-0.3, -0.25) is 4.90 Å². The van der Waals surface area contributed by atoms with Crippen LogP contribution in [0.1, 0.15) is 6.42 Å². The second kappa shape index (κ2) is 6.58. The van der Waals surface area contributed by atoms with Crippen LogP contribution in [0.4, 0.5) is 11.4 Å². The smallest absolute Gasteiger partial charge is 0.0558 e. The number of halogens is 1. The molecule has 0 aliphatic carbocycles. The van der Waals surface area contributed by atoms with Gasteiger partial charge in [0.15, 0.2) is 0 Å². The first-order chi connectivity index (χ1) is 8.70. The molecular weight excluding hydrogens is 341 g/mol. The molecular formula is C13H20IN3O. The molecule has 1 aromatic rings. The SMILES string of the molecule is Nc1ccc(N2CCCN(CCO)CC2)c(I)c1. The third-order valence-electron chi connectivity index (χ3n) is 3.32. The Bertz CT molecular complexity index is 400. The highest BCUT2D eigenvalue weighted by Gasteiger charge is 2.16. The zero-order valence-corrected chi connectivity index (χ0v) is 12.6. The fourth-order valence-corrected chi connectivity index (χ4v) is 3.24. The molecule has 0 unspecified atom stereocenters. The lowest BCUT2D eigenvalue weighted by atomic mass is 10.2. The molecule has 1 fully saturated rings. The number of anilines is 2. The van der Waals surface area contributed by atoms with Gasteiger partial charge in [-0.1, -0.05) is 0 Å². The second-order valence-corrected chi connectivity index (χ2v) is 5.78. The molecule has 100 valence electrons. The summed E-state index contributed by atoms with van der Waals surface area (Å²) >= 11 is 2.35. The van der Waals surface area contributed by atoms with E-state index >= 15 is 0 Å². The van der Waals surface area contributed by atoms with Crippen molar-refractivity contribution >= 4 is 34.0 Å². The maximum atomic E-state index is 9.00. The first-order valence-electron chi connectivity index (χ1n) is 6.34. The zero-order valence-electron chi connectivity index (χ0n) is 10.5. The number of rotatable bonds is 3. The zero-order chi connectivity index (χ0) is 13.0. The number of benzene rings is 1. The van der Waals surface area contributed by atoms with Crippen molar-refractivity contribution in [2.45, 2.75) is 6.42 Å². The van der Waals surface area contributed by atoms with Crippen LogP contribution in [0.2, 0.25) is 0 Å². The number of β-amino-alcohol motifs (C(OH)–C–C–N with tert-alkyl or cyclic N) is 1. The van der Waals surface area contributed by atoms with Crippen LogP contribution in [0.15, 0.2) is 18.2 Å². The monoisotopic (exact) mass is 361 g/mol. The van der Waals surface area contributed by atoms with Gasteiger partial charge in [0.1, 0.15) is 0 Å². The van der Waals surface area contributed by atoms with Crippen molar-refractivity contribution in [2.24, 2.45) is 0 Å². The molecule has 0 saturated carbocycles. The third kappa shape index (κ3) is 3.49. The van der Waals surface area contributed by atoms with E-state index in [0.717, 1.165) is 44.8 Å². The predicted molar refractivity (Wildman–Crippen MR) is 83.9 cm³/mol. The fraction of sp³-hybridized carbons (Fsp3) is 0.538. The lowest BCUT2D eigenvalue weighted by Crippen LogP contribution is -2.32. The summed E-state index contributed by atoms with van der Waals surface area (Å²) in [7, 11) is 0. The van der Waals surface area contributed by atoms with E-state index in [4.69, 9.17) is 10.8 Å². The number of nitrogens with two attached hydrogens (primary N) is 1. The van der Waals surface area contributed by atoms with Crippen molar-refractivity contribution in [3.8, 4) is 0 Å². The van der Waals surface area contributed by atoms with E-state index < -0.39 is 0 Å². The summed E-state index contributed by atoms with van der Waals surface area (Å²) in [6.45, 7) is 5.21. The van der Waals surface area contributed by atoms with Gasteiger partial charge >= 0.3 is 0 Å². The molecule has 1 heterocycles. The fourth-order valence-electron chi connectivity index (χ4n) is 2.36. The Morgan fingerprint density at radius 2 is 2.06 bits per heavy atom. The molecule has 1 aliphatic rings. The molecule has 0 bridgehead atoms. The summed E-state index contributed by atoms with van der Waals surface area (Å²) < 4.78 is 1.21. The van der Waals surface area contributed by atoms with E-state index in [9.17, 15) is 0 Å². The molecule has 1 aliphatic heterocycles. The minimum atomic E-state index is 0.249. The van der Waals surface area contributed by atoms with Crippen molar-refractivity contribution in [3.63, 3.8) is 0 Å². The Morgan fingerprint density at radius 1 is 1.22 bits per heavy atom. The average molecular weight is 361 g/mol. The van der Waals surface area contributed by atoms with Crippen LogP contribution in [-0.2, 0) is 0 Å². The molecule has 4 nitrogen and oxygen atoms in total. The highest BCUT2D eigenvalue weighted by Crippen LogP contribution is 2.25. The quantitative estimate of drug-likeness (QED) is 0.631. The molecule has 2 rings (SSSR count). The van der Waals surface area contributed by atoms with E-state index in [0.29, 0.717) is 0 Å². The first-order valence-corrected chi connectivity index (χ1v) is 7.42. The third-order valence-corrected chi connectivity index (χ3v) is 4.18. The lowest BCUT2D eigenvalue weighted by molar-refractivity contribution is 0.204. The molecule has 1 aromatic carbocycles. The Balaban J connectivity index is 2.05. The van der Waals surface area contributed by atoms with Gasteiger partial charge in [0.25, 0.3) is 0 Å². The second-order valence-electron chi connectivity index (χ2n) is 4.62. The Morgan fingerprint density at radius 3 is 2.78 bits per heavy atom. The topological polar surface area (TPSA) is 52.7 Å². The van der Waals surface area contributed by atoms with Gasteiger partial charge in [-0.15, -0.1) is 0 Å². The van der Waals surface area contributed by atoms with Gasteiger partial charge in [-0.25, -0.2) is 0 Å². The van der Waals surface area contributed by atoms with Gasteiger partial charge in [0.2, 0.25) is 0 Å². The van der Waals surface area contributed by atoms with Crippen LogP contribution in [0.3, 0.4) is 0 Å². The van der Waals surface area contributed by atoms with Crippen LogP contribution in [0.25, 0.3) is 0 Å². The highest BCUT2D eigenvalue weighted by molar-refractivity contribution is 14.1. The number of aliphatic hydroxyl groups is 1. The molecule has 0 radical (unpaired) electrons. The molecule has 3 N–H and O–H groups in total. The summed E-state index contributed by atoms with van der Waals surface area (Å²) in [6.07, 6.45) is 1.14. The summed E-state index contributed by atoms with van der Waals surface area (Å²) in [4.78, 5) is 4.74. The van der Waals surface area contributed by atoms with Crippen LogP contribution < -0.4 is 10.6 Å². The van der Waals surface area contributed by atoms with Crippen molar-refractivity contribution < 1.29 is 5.11 Å². The Hall–Kier alpha value is -0.530. The summed E-state index contributed by atoms with van der Waals surface area (Å²) in [6, 6.07) is 6.10. The normalized spacial score (nSPS) is 17.8. The van der Waals surface area contributed by atoms with Crippen molar-refractivity contribution in [1.29, 1.82) is 0 Å². The molecule has 0 spiro atoms. The van der Waals surface area contributed by atoms with E-state index in [1.54, 1.807) is 0 Å². The standard InChI is InChI=1S/C13H20IN3O/c14-12-10-11(15)2-3-13(12)17-5-1-4-16(6-7-17)8-9-18/h2-3,10,18H,1,4-9,15H2. The van der Waals surface area contributed by atoms with E-state index in [1.807, 2.05) is 12.1 Å². The minimum Gasteiger partial charge on any atom is -0.399 e. The molecule has 1 saturated heterocycles.